The van der Waals surface area contributed by atoms with Crippen molar-refractivity contribution >= 4 is 129 Å². The summed E-state index contributed by atoms with van der Waals surface area (Å²) in [6.45, 7) is 19.6. The van der Waals surface area contributed by atoms with Crippen LogP contribution in [0.3, 0.4) is 0 Å². The third-order valence-electron chi connectivity index (χ3n) is 25.5. The number of thiazole rings is 4. The Morgan fingerprint density at radius 2 is 0.721 bits per heavy atom. The Kier molecular flexibility index (Phi) is 27.7. The molecule has 16 aromatic heterocycles. The molecule has 20 aromatic rings. The SMILES string of the molecule is CC(C)Cn1cc(-c2cnc3[nH]cc(-c4cnn(C)c4)c3c2)cn1.CN(C)C(=O)c1nc(-c2c[nH]c3ncc(-c4ccccc4)cc23)cs1.CN1CCN(C(=O)c2nc(-c3c[nH]c4ncc(-c5ccc(N6CCN(C)CC6)cc5)cc34)cs2)CC1.CN1CCN(c2nc(-c3c[nH]c4ncc(-c5ccccc5)cc34)cs2)CC1.O=C(c1nc(-c2c[nH]c3ncc(-c4ccccc4)cc23)cs1)N1CCOCC1. The number of fused-ring (bicyclic) bond motifs is 5. The van der Waals surface area contributed by atoms with Gasteiger partial charge in [-0.1, -0.05) is 117 Å². The minimum absolute atomic E-state index is 0.0255. The zero-order valence-electron chi connectivity index (χ0n) is 79.0. The standard InChI is InChI=1S/C27H31N7OS.C21H21N5S.C21H18N4O2S.C19H16N4OS.C18H20N6/c1-31-7-11-33(12-8-31)21-5-3-19(4-6-21)20-15-22-23(17-29-25(22)28-16-20)24-18-36-26(30-24)27(35)34-13-9-32(2)10-14-34;1-25-7-9-26(10-8-25)21-24-19(14-27-21)18-13-23-20-17(18)11-16(12-22-20)15-5-3-2-4-6-15;26-21(25-6-8-27-9-7-25)20-24-18(13-28-20)17-12-23-19-16(17)10-15(11-22-19)14-4-2-1-3-5-14;1-23(2)19(24)18-22-16(11-25-18)15-10-21-17-14(15)8-13(9-20-17)12-6-4-3-5-7-12;1-12(2)9-24-11-14(6-22-24)13-4-16-17(8-20-18(16)19-5-13)15-7-21-23(3)10-15/h3-6,15-18H,7-14H2,1-2H3,(H,28,29);2-6,11-14H,7-10H2,1H3,(H,22,23);1-5,10-13H,6-9H2,(H,22,23);3-11H,1-2H3,(H,20,21);4-8,10-12H,9H2,1-3H3,(H,19,20). The van der Waals surface area contributed by atoms with Crippen LogP contribution < -0.4 is 9.80 Å². The number of likely N-dealkylation sites (N-methyl/N-ethyl adjacent to an activating group) is 3. The molecule has 4 aromatic carbocycles. The van der Waals surface area contributed by atoms with Gasteiger partial charge in [-0.25, -0.2) is 44.9 Å². The molecule has 0 unspecified atom stereocenters. The number of anilines is 2. The predicted molar refractivity (Wildman–Crippen MR) is 562 cm³/mol. The average molecular weight is 1940 g/mol. The number of benzene rings is 4. The van der Waals surface area contributed by atoms with Crippen molar-refractivity contribution in [3.63, 3.8) is 0 Å². The fourth-order valence-electron chi connectivity index (χ4n) is 17.5. The summed E-state index contributed by atoms with van der Waals surface area (Å²) in [5, 5.41) is 24.6. The van der Waals surface area contributed by atoms with E-state index in [1.54, 1.807) is 35.0 Å². The maximum absolute atomic E-state index is 13.0. The van der Waals surface area contributed by atoms with Crippen LogP contribution in [0.1, 0.15) is 43.3 Å². The van der Waals surface area contributed by atoms with Crippen LogP contribution in [0.25, 0.3) is 167 Å². The summed E-state index contributed by atoms with van der Waals surface area (Å²) in [6.07, 6.45) is 27.1. The fourth-order valence-corrected chi connectivity index (χ4v) is 20.8. The number of carbonyl (C=O) groups excluding carboxylic acids is 3. The molecule has 140 heavy (non-hydrogen) atoms. The summed E-state index contributed by atoms with van der Waals surface area (Å²) in [7, 11) is 11.8. The van der Waals surface area contributed by atoms with Gasteiger partial charge in [-0.2, -0.15) is 10.2 Å². The van der Waals surface area contributed by atoms with Gasteiger partial charge in [-0.15, -0.1) is 45.3 Å². The molecule has 0 radical (unpaired) electrons. The van der Waals surface area contributed by atoms with Gasteiger partial charge in [-0.3, -0.25) is 23.7 Å². The second kappa shape index (κ2) is 41.8. The Morgan fingerprint density at radius 1 is 0.364 bits per heavy atom. The van der Waals surface area contributed by atoms with Crippen LogP contribution in [-0.4, -0.2) is 277 Å². The molecule has 20 heterocycles. The van der Waals surface area contributed by atoms with Gasteiger partial charge >= 0.3 is 0 Å². The third-order valence-corrected chi connectivity index (χ3v) is 28.9. The number of rotatable bonds is 17. The largest absolute Gasteiger partial charge is 0.378 e. The molecule has 4 saturated heterocycles. The molecule has 4 aliphatic rings. The zero-order valence-corrected chi connectivity index (χ0v) is 82.3. The Balaban J connectivity index is 0.000000108. The Morgan fingerprint density at radius 3 is 1.14 bits per heavy atom. The van der Waals surface area contributed by atoms with Crippen LogP contribution in [-0.2, 0) is 18.3 Å². The number of carbonyl (C=O) groups is 3. The van der Waals surface area contributed by atoms with Crippen LogP contribution in [0.15, 0.2) is 254 Å². The van der Waals surface area contributed by atoms with Gasteiger partial charge in [0.25, 0.3) is 17.7 Å². The molecule has 708 valence electrons. The Labute approximate surface area is 825 Å². The Bertz CT molecular complexity index is 7680. The number of H-pyrrole nitrogens is 5. The van der Waals surface area contributed by atoms with Gasteiger partial charge in [0.15, 0.2) is 20.2 Å². The number of pyridine rings is 5. The number of piperazine rings is 3. The summed E-state index contributed by atoms with van der Waals surface area (Å²) < 4.78 is 9.12. The molecule has 4 fully saturated rings. The first-order chi connectivity index (χ1) is 68.3. The van der Waals surface area contributed by atoms with E-state index >= 15 is 0 Å². The smallest absolute Gasteiger partial charge is 0.283 e. The van der Waals surface area contributed by atoms with Gasteiger partial charge in [-0.05, 0) is 91.8 Å². The second-order valence-electron chi connectivity index (χ2n) is 35.9. The lowest BCUT2D eigenvalue weighted by Crippen LogP contribution is -2.47. The molecule has 5 N–H and O–H groups in total. The van der Waals surface area contributed by atoms with Crippen molar-refractivity contribution in [3.8, 4) is 112 Å². The highest BCUT2D eigenvalue weighted by Crippen LogP contribution is 2.40. The number of aromatic amines is 5. The molecule has 0 bridgehead atoms. The summed E-state index contributed by atoms with van der Waals surface area (Å²) in [5.41, 5.74) is 26.1. The number of amides is 3. The topological polar surface area (TPSA) is 317 Å². The van der Waals surface area contributed by atoms with Crippen molar-refractivity contribution in [3.05, 3.63) is 269 Å². The lowest BCUT2D eigenvalue weighted by molar-refractivity contribution is 0.0302. The summed E-state index contributed by atoms with van der Waals surface area (Å²) in [4.78, 5) is 113. The van der Waals surface area contributed by atoms with Crippen LogP contribution >= 0.6 is 45.3 Å². The summed E-state index contributed by atoms with van der Waals surface area (Å²) in [5.74, 6) is 0.486. The maximum Gasteiger partial charge on any atom is 0.283 e. The first kappa shape index (κ1) is 92.8. The van der Waals surface area contributed by atoms with Crippen LogP contribution in [0.4, 0.5) is 10.8 Å². The minimum atomic E-state index is -0.0841. The van der Waals surface area contributed by atoms with Crippen molar-refractivity contribution in [1.29, 1.82) is 0 Å². The number of ether oxygens (including phenoxy) is 1. The molecule has 24 rings (SSSR count). The van der Waals surface area contributed by atoms with Crippen LogP contribution in [0, 0.1) is 5.92 Å². The molecule has 0 spiro atoms. The normalized spacial score (nSPS) is 14.4. The van der Waals surface area contributed by atoms with Gasteiger partial charge in [0.2, 0.25) is 0 Å². The molecule has 0 saturated carbocycles. The van der Waals surface area contributed by atoms with E-state index in [1.807, 2.05) is 156 Å². The zero-order chi connectivity index (χ0) is 95.9. The van der Waals surface area contributed by atoms with E-state index in [1.165, 1.54) is 50.2 Å². The first-order valence-electron chi connectivity index (χ1n) is 46.8. The predicted octanol–water partition coefficient (Wildman–Crippen LogP) is 19.0. The van der Waals surface area contributed by atoms with Crippen molar-refractivity contribution in [2.75, 3.05) is 150 Å². The molecule has 30 nitrogen and oxygen atoms in total. The lowest BCUT2D eigenvalue weighted by Gasteiger charge is -2.34. The average Bonchev–Trinajstić information content (AvgIpc) is 1.64. The van der Waals surface area contributed by atoms with Crippen LogP contribution in [0.5, 0.6) is 0 Å². The number of morpholine rings is 1. The van der Waals surface area contributed by atoms with E-state index in [9.17, 15) is 14.4 Å². The summed E-state index contributed by atoms with van der Waals surface area (Å²) >= 11 is 5.88. The van der Waals surface area contributed by atoms with Gasteiger partial charge in [0.1, 0.15) is 28.2 Å². The number of aromatic nitrogens is 18. The lowest BCUT2D eigenvalue weighted by atomic mass is 10.0. The van der Waals surface area contributed by atoms with E-state index in [0.29, 0.717) is 47.2 Å². The first-order valence-corrected chi connectivity index (χ1v) is 50.3. The molecule has 34 heteroatoms. The van der Waals surface area contributed by atoms with Crippen molar-refractivity contribution < 1.29 is 19.1 Å². The highest BCUT2D eigenvalue weighted by molar-refractivity contribution is 7.14. The molecule has 0 aliphatic carbocycles. The number of hydrogen-bond donors (Lipinski definition) is 5. The Hall–Kier alpha value is -14.9. The molecule has 0 atom stereocenters. The van der Waals surface area contributed by atoms with E-state index in [-0.39, 0.29) is 17.7 Å². The monoisotopic (exact) mass is 1930 g/mol. The molecule has 3 amide bonds. The van der Waals surface area contributed by atoms with E-state index in [4.69, 9.17) is 14.7 Å². The van der Waals surface area contributed by atoms with E-state index in [2.05, 4.69) is 244 Å². The number of nitrogens with one attached hydrogen (secondary N) is 5. The molecule has 4 aliphatic heterocycles. The minimum Gasteiger partial charge on any atom is -0.378 e. The third kappa shape index (κ3) is 20.8. The van der Waals surface area contributed by atoms with Crippen molar-refractivity contribution in [1.82, 2.24) is 119 Å². The fraction of sp³-hybridized carbons (Fsp3) is 0.245. The van der Waals surface area contributed by atoms with Gasteiger partial charge < -0.3 is 68.9 Å². The van der Waals surface area contributed by atoms with Crippen molar-refractivity contribution in [2.45, 2.75) is 20.4 Å². The quantitative estimate of drug-likeness (QED) is 0.0565. The van der Waals surface area contributed by atoms with Gasteiger partial charge in [0, 0.05) is 315 Å². The van der Waals surface area contributed by atoms with E-state index < -0.39 is 0 Å². The number of hydrogen-bond acceptors (Lipinski definition) is 24. The second-order valence-corrected chi connectivity index (χ2v) is 39.3. The van der Waals surface area contributed by atoms with Gasteiger partial charge in [0.05, 0.1) is 48.4 Å². The maximum atomic E-state index is 13.0. The molecular weight excluding hydrogens is 1830 g/mol. The highest BCUT2D eigenvalue weighted by atomic mass is 32.1. The highest BCUT2D eigenvalue weighted by Gasteiger charge is 2.28. The van der Waals surface area contributed by atoms with Crippen molar-refractivity contribution in [2.24, 2.45) is 13.0 Å². The van der Waals surface area contributed by atoms with Crippen LogP contribution in [0.2, 0.25) is 0 Å². The number of nitrogens with zero attached hydrogens (tertiary/aromatic N) is 21. The summed E-state index contributed by atoms with van der Waals surface area (Å²) in [6, 6.07) is 50.2. The number of aryl methyl sites for hydroxylation is 1. The van der Waals surface area contributed by atoms with E-state index in [0.717, 1.165) is 252 Å². The molecular formula is C106H106N26O4S4.